The summed E-state index contributed by atoms with van der Waals surface area (Å²) in [5, 5.41) is 0. The van der Waals surface area contributed by atoms with Crippen LogP contribution in [0.25, 0.3) is 0 Å². The van der Waals surface area contributed by atoms with E-state index in [0.29, 0.717) is 45.7 Å². The van der Waals surface area contributed by atoms with Crippen molar-refractivity contribution in [2.75, 3.05) is 44.3 Å². The van der Waals surface area contributed by atoms with Crippen molar-refractivity contribution in [2.24, 2.45) is 5.92 Å². The molecule has 3 fully saturated rings. The van der Waals surface area contributed by atoms with Crippen LogP contribution >= 0.6 is 0 Å². The summed E-state index contributed by atoms with van der Waals surface area (Å²) in [7, 11) is 0. The number of rotatable bonds is 6. The Balaban J connectivity index is 1.54. The largest absolute Gasteiger partial charge is 0.342 e. The molecule has 2 aliphatic heterocycles. The zero-order valence-electron chi connectivity index (χ0n) is 18.8. The molecule has 1 saturated carbocycles. The van der Waals surface area contributed by atoms with Gasteiger partial charge in [0.15, 0.2) is 0 Å². The highest BCUT2D eigenvalue weighted by Gasteiger charge is 2.54. The summed E-state index contributed by atoms with van der Waals surface area (Å²) in [6.45, 7) is 6.92. The SMILES string of the molecule is CCN(CC)C(=O)CN1CN(c2ccccc2)C2(CCN(C(=O)C3CCC3)CC2)C1=O. The molecule has 3 amide bonds. The Hall–Kier alpha value is -2.57. The number of benzene rings is 1. The first-order valence-electron chi connectivity index (χ1n) is 11.7. The van der Waals surface area contributed by atoms with Crippen molar-refractivity contribution >= 4 is 23.4 Å². The summed E-state index contributed by atoms with van der Waals surface area (Å²) in [6.07, 6.45) is 4.35. The van der Waals surface area contributed by atoms with Crippen LogP contribution in [0.4, 0.5) is 5.69 Å². The molecular weight excluding hydrogens is 392 g/mol. The summed E-state index contributed by atoms with van der Waals surface area (Å²) >= 11 is 0. The third-order valence-corrected chi connectivity index (χ3v) is 7.38. The molecule has 1 spiro atoms. The molecule has 0 unspecified atom stereocenters. The Labute approximate surface area is 185 Å². The van der Waals surface area contributed by atoms with Crippen LogP contribution in [-0.2, 0) is 14.4 Å². The molecule has 2 heterocycles. The van der Waals surface area contributed by atoms with Crippen molar-refractivity contribution in [3.63, 3.8) is 0 Å². The van der Waals surface area contributed by atoms with E-state index in [0.717, 1.165) is 24.9 Å². The van der Waals surface area contributed by atoms with Gasteiger partial charge in [0, 0.05) is 37.8 Å². The van der Waals surface area contributed by atoms with E-state index in [2.05, 4.69) is 4.90 Å². The van der Waals surface area contributed by atoms with Crippen LogP contribution in [0, 0.1) is 5.92 Å². The molecule has 168 valence electrons. The molecular formula is C24H34N4O3. The Morgan fingerprint density at radius 1 is 1.06 bits per heavy atom. The summed E-state index contributed by atoms with van der Waals surface area (Å²) in [5.41, 5.74) is 0.314. The minimum atomic E-state index is -0.679. The highest BCUT2D eigenvalue weighted by Crippen LogP contribution is 2.40. The first kappa shape index (κ1) is 21.7. The lowest BCUT2D eigenvalue weighted by atomic mass is 9.81. The Bertz CT molecular complexity index is 811. The average Bonchev–Trinajstić information content (AvgIpc) is 3.00. The predicted octanol–water partition coefficient (Wildman–Crippen LogP) is 2.32. The smallest absolute Gasteiger partial charge is 0.250 e. The number of nitrogens with zero attached hydrogens (tertiary/aromatic N) is 4. The standard InChI is InChI=1S/C24H34N4O3/c1-3-25(4-2)21(29)17-27-18-28(20-11-6-5-7-12-20)24(23(27)31)13-15-26(16-14-24)22(30)19-9-8-10-19/h5-7,11-12,19H,3-4,8-10,13-18H2,1-2H3. The number of piperidine rings is 1. The molecule has 7 heteroatoms. The van der Waals surface area contributed by atoms with E-state index in [4.69, 9.17) is 0 Å². The lowest BCUT2D eigenvalue weighted by Crippen LogP contribution is -2.58. The molecule has 3 aliphatic rings. The lowest BCUT2D eigenvalue weighted by Gasteiger charge is -2.44. The van der Waals surface area contributed by atoms with Gasteiger partial charge in [-0.1, -0.05) is 24.6 Å². The van der Waals surface area contributed by atoms with E-state index in [1.807, 2.05) is 49.1 Å². The van der Waals surface area contributed by atoms with E-state index in [9.17, 15) is 14.4 Å². The van der Waals surface area contributed by atoms with Crippen molar-refractivity contribution in [3.05, 3.63) is 30.3 Å². The molecule has 1 aromatic carbocycles. The van der Waals surface area contributed by atoms with Gasteiger partial charge in [-0.25, -0.2) is 0 Å². The molecule has 0 aromatic heterocycles. The monoisotopic (exact) mass is 426 g/mol. The van der Waals surface area contributed by atoms with Crippen molar-refractivity contribution < 1.29 is 14.4 Å². The van der Waals surface area contributed by atoms with Gasteiger partial charge in [-0.05, 0) is 51.7 Å². The van der Waals surface area contributed by atoms with Crippen LogP contribution in [0.15, 0.2) is 30.3 Å². The summed E-state index contributed by atoms with van der Waals surface area (Å²) in [4.78, 5) is 46.8. The number of carbonyl (C=O) groups excluding carboxylic acids is 3. The molecule has 1 aromatic rings. The minimum Gasteiger partial charge on any atom is -0.342 e. The zero-order valence-corrected chi connectivity index (χ0v) is 18.8. The van der Waals surface area contributed by atoms with Crippen LogP contribution in [0.5, 0.6) is 0 Å². The highest BCUT2D eigenvalue weighted by molar-refractivity contribution is 5.96. The van der Waals surface area contributed by atoms with Crippen molar-refractivity contribution in [2.45, 2.75) is 51.5 Å². The molecule has 7 nitrogen and oxygen atoms in total. The summed E-state index contributed by atoms with van der Waals surface area (Å²) in [5.74, 6) is 0.446. The maximum absolute atomic E-state index is 13.7. The zero-order chi connectivity index (χ0) is 22.0. The fourth-order valence-corrected chi connectivity index (χ4v) is 5.17. The van der Waals surface area contributed by atoms with E-state index in [1.54, 1.807) is 9.80 Å². The summed E-state index contributed by atoms with van der Waals surface area (Å²) in [6, 6.07) is 9.97. The highest BCUT2D eigenvalue weighted by atomic mass is 16.2. The predicted molar refractivity (Wildman–Crippen MR) is 119 cm³/mol. The molecule has 31 heavy (non-hydrogen) atoms. The van der Waals surface area contributed by atoms with Gasteiger partial charge in [0.05, 0.1) is 6.67 Å². The Morgan fingerprint density at radius 2 is 1.71 bits per heavy atom. The second-order valence-corrected chi connectivity index (χ2v) is 8.96. The van der Waals surface area contributed by atoms with Gasteiger partial charge in [-0.2, -0.15) is 0 Å². The van der Waals surface area contributed by atoms with Gasteiger partial charge in [-0.3, -0.25) is 14.4 Å². The van der Waals surface area contributed by atoms with Gasteiger partial charge in [-0.15, -0.1) is 0 Å². The molecule has 0 bridgehead atoms. The van der Waals surface area contributed by atoms with E-state index in [-0.39, 0.29) is 30.2 Å². The minimum absolute atomic E-state index is 0.0130. The average molecular weight is 427 g/mol. The van der Waals surface area contributed by atoms with Crippen LogP contribution < -0.4 is 4.90 Å². The Morgan fingerprint density at radius 3 is 2.26 bits per heavy atom. The van der Waals surface area contributed by atoms with E-state index in [1.165, 1.54) is 0 Å². The molecule has 1 aliphatic carbocycles. The molecule has 0 N–H and O–H groups in total. The molecule has 0 radical (unpaired) electrons. The quantitative estimate of drug-likeness (QED) is 0.700. The van der Waals surface area contributed by atoms with Crippen LogP contribution in [-0.4, -0.2) is 77.4 Å². The van der Waals surface area contributed by atoms with Crippen molar-refractivity contribution in [1.29, 1.82) is 0 Å². The summed E-state index contributed by atoms with van der Waals surface area (Å²) < 4.78 is 0. The van der Waals surface area contributed by atoms with Gasteiger partial charge in [0.1, 0.15) is 12.1 Å². The molecule has 0 atom stereocenters. The number of hydrogen-bond donors (Lipinski definition) is 0. The van der Waals surface area contributed by atoms with Gasteiger partial charge in [0.2, 0.25) is 11.8 Å². The van der Waals surface area contributed by atoms with E-state index >= 15 is 0 Å². The number of hydrogen-bond acceptors (Lipinski definition) is 4. The van der Waals surface area contributed by atoms with Crippen LogP contribution in [0.3, 0.4) is 0 Å². The number of likely N-dealkylation sites (tertiary alicyclic amines) is 1. The van der Waals surface area contributed by atoms with Gasteiger partial charge < -0.3 is 19.6 Å². The topological polar surface area (TPSA) is 64.2 Å². The first-order valence-corrected chi connectivity index (χ1v) is 11.7. The molecule has 4 rings (SSSR count). The van der Waals surface area contributed by atoms with Crippen molar-refractivity contribution in [3.8, 4) is 0 Å². The number of para-hydroxylation sites is 1. The second kappa shape index (κ2) is 8.89. The molecule has 2 saturated heterocycles. The fourth-order valence-electron chi connectivity index (χ4n) is 5.17. The second-order valence-electron chi connectivity index (χ2n) is 8.96. The number of amides is 3. The fraction of sp³-hybridized carbons (Fsp3) is 0.625. The van der Waals surface area contributed by atoms with Crippen molar-refractivity contribution in [1.82, 2.24) is 14.7 Å². The maximum atomic E-state index is 13.7. The lowest BCUT2D eigenvalue weighted by molar-refractivity contribution is -0.144. The maximum Gasteiger partial charge on any atom is 0.250 e. The normalized spacial score (nSPS) is 20.8. The number of anilines is 1. The number of carbonyl (C=O) groups is 3. The Kier molecular flexibility index (Phi) is 6.21. The van der Waals surface area contributed by atoms with E-state index < -0.39 is 5.54 Å². The van der Waals surface area contributed by atoms with Gasteiger partial charge >= 0.3 is 0 Å². The van der Waals surface area contributed by atoms with Crippen LogP contribution in [0.1, 0.15) is 46.0 Å². The third kappa shape index (κ3) is 3.90. The van der Waals surface area contributed by atoms with Crippen LogP contribution in [0.2, 0.25) is 0 Å². The van der Waals surface area contributed by atoms with Gasteiger partial charge in [0.25, 0.3) is 5.91 Å². The first-order chi connectivity index (χ1) is 15.0. The number of likely N-dealkylation sites (N-methyl/N-ethyl adjacent to an activating group) is 1. The third-order valence-electron chi connectivity index (χ3n) is 7.38.